The number of aromatic nitrogens is 1. The molecule has 0 spiro atoms. The molecule has 3 heteroatoms. The van der Waals surface area contributed by atoms with Gasteiger partial charge in [-0.3, -0.25) is 0 Å². The van der Waals surface area contributed by atoms with Crippen molar-refractivity contribution in [3.05, 3.63) is 36.0 Å². The van der Waals surface area contributed by atoms with Crippen LogP contribution in [0.5, 0.6) is 0 Å². The fourth-order valence-corrected chi connectivity index (χ4v) is 2.43. The Morgan fingerprint density at radius 3 is 2.72 bits per heavy atom. The van der Waals surface area contributed by atoms with Crippen molar-refractivity contribution in [1.82, 2.24) is 9.88 Å². The fourth-order valence-electron chi connectivity index (χ4n) is 2.43. The van der Waals surface area contributed by atoms with Gasteiger partial charge in [0, 0.05) is 36.9 Å². The van der Waals surface area contributed by atoms with Crippen molar-refractivity contribution in [3.63, 3.8) is 0 Å². The molecule has 3 N–H and O–H groups in total. The number of hydrogen-bond acceptors (Lipinski definition) is 2. The zero-order valence-corrected chi connectivity index (χ0v) is 11.7. The average molecular weight is 245 g/mol. The molecule has 0 aliphatic carbocycles. The maximum absolute atomic E-state index is 5.69. The molecule has 0 fully saturated rings. The molecule has 1 heterocycles. The van der Waals surface area contributed by atoms with Crippen molar-refractivity contribution >= 4 is 10.9 Å². The van der Waals surface area contributed by atoms with E-state index in [2.05, 4.69) is 68.2 Å². The van der Waals surface area contributed by atoms with E-state index in [9.17, 15) is 0 Å². The summed E-state index contributed by atoms with van der Waals surface area (Å²) in [5.41, 5.74) is 8.18. The van der Waals surface area contributed by atoms with Gasteiger partial charge in [-0.2, -0.15) is 0 Å². The van der Waals surface area contributed by atoms with Crippen molar-refractivity contribution in [3.8, 4) is 0 Å². The molecule has 0 aliphatic heterocycles. The van der Waals surface area contributed by atoms with Crippen LogP contribution in [0.15, 0.2) is 30.5 Å². The lowest BCUT2D eigenvalue weighted by Gasteiger charge is -2.30. The Morgan fingerprint density at radius 1 is 1.33 bits per heavy atom. The Kier molecular flexibility index (Phi) is 3.46. The Balaban J connectivity index is 2.35. The molecule has 2 rings (SSSR count). The molecule has 0 radical (unpaired) electrons. The number of hydrogen-bond donors (Lipinski definition) is 2. The minimum atomic E-state index is -0.0666. The number of aryl methyl sites for hydroxylation is 1. The molecule has 98 valence electrons. The van der Waals surface area contributed by atoms with E-state index in [0.717, 1.165) is 0 Å². The lowest BCUT2D eigenvalue weighted by Crippen LogP contribution is -2.45. The number of rotatable bonds is 4. The van der Waals surface area contributed by atoms with Crippen LogP contribution >= 0.6 is 0 Å². The molecule has 1 atom stereocenters. The molecule has 1 aromatic carbocycles. The largest absolute Gasteiger partial charge is 0.351 e. The summed E-state index contributed by atoms with van der Waals surface area (Å²) in [4.78, 5) is 0. The van der Waals surface area contributed by atoms with Gasteiger partial charge in [-0.05, 0) is 49.9 Å². The van der Waals surface area contributed by atoms with Crippen LogP contribution in [0.4, 0.5) is 0 Å². The summed E-state index contributed by atoms with van der Waals surface area (Å²) in [6.45, 7) is 7.16. The standard InChI is InChI=1S/C15H23N3/c1-11(10-16)17-15(2,3)13-5-6-14-12(9-13)7-8-18(14)4/h5-9,11,17H,10,16H2,1-4H3. The number of nitrogens with two attached hydrogens (primary N) is 1. The molecule has 0 amide bonds. The topological polar surface area (TPSA) is 43.0 Å². The third-order valence-electron chi connectivity index (χ3n) is 3.57. The number of benzene rings is 1. The van der Waals surface area contributed by atoms with E-state index in [1.54, 1.807) is 0 Å². The summed E-state index contributed by atoms with van der Waals surface area (Å²) in [5, 5.41) is 4.84. The van der Waals surface area contributed by atoms with E-state index in [0.29, 0.717) is 12.6 Å². The summed E-state index contributed by atoms with van der Waals surface area (Å²) >= 11 is 0. The number of nitrogens with zero attached hydrogens (tertiary/aromatic N) is 1. The van der Waals surface area contributed by atoms with E-state index in [1.165, 1.54) is 16.5 Å². The van der Waals surface area contributed by atoms with Gasteiger partial charge in [0.25, 0.3) is 0 Å². The van der Waals surface area contributed by atoms with Gasteiger partial charge in [0.15, 0.2) is 0 Å². The van der Waals surface area contributed by atoms with Gasteiger partial charge < -0.3 is 15.6 Å². The highest BCUT2D eigenvalue weighted by atomic mass is 15.0. The summed E-state index contributed by atoms with van der Waals surface area (Å²) in [5.74, 6) is 0. The van der Waals surface area contributed by atoms with Gasteiger partial charge in [-0.15, -0.1) is 0 Å². The van der Waals surface area contributed by atoms with Gasteiger partial charge in [-0.25, -0.2) is 0 Å². The van der Waals surface area contributed by atoms with Gasteiger partial charge in [0.2, 0.25) is 0 Å². The lowest BCUT2D eigenvalue weighted by molar-refractivity contribution is 0.356. The van der Waals surface area contributed by atoms with E-state index in [1.807, 2.05) is 0 Å². The predicted octanol–water partition coefficient (Wildman–Crippen LogP) is 2.35. The maximum atomic E-state index is 5.69. The SMILES string of the molecule is CC(CN)NC(C)(C)c1ccc2c(ccn2C)c1. The molecule has 1 unspecified atom stereocenters. The zero-order chi connectivity index (χ0) is 13.3. The van der Waals surface area contributed by atoms with Crippen LogP contribution in [0.2, 0.25) is 0 Å². The second-order valence-electron chi connectivity index (χ2n) is 5.61. The third-order valence-corrected chi connectivity index (χ3v) is 3.57. The number of fused-ring (bicyclic) bond motifs is 1. The van der Waals surface area contributed by atoms with Crippen molar-refractivity contribution < 1.29 is 0 Å². The normalized spacial score (nSPS) is 14.1. The van der Waals surface area contributed by atoms with Gasteiger partial charge in [0.05, 0.1) is 0 Å². The highest BCUT2D eigenvalue weighted by Crippen LogP contribution is 2.25. The molecule has 0 bridgehead atoms. The average Bonchev–Trinajstić information content (AvgIpc) is 2.70. The minimum Gasteiger partial charge on any atom is -0.351 e. The molecule has 18 heavy (non-hydrogen) atoms. The Hall–Kier alpha value is -1.32. The van der Waals surface area contributed by atoms with E-state index >= 15 is 0 Å². The van der Waals surface area contributed by atoms with Crippen LogP contribution < -0.4 is 11.1 Å². The van der Waals surface area contributed by atoms with Crippen molar-refractivity contribution in [1.29, 1.82) is 0 Å². The molecule has 3 nitrogen and oxygen atoms in total. The third kappa shape index (κ3) is 2.42. The van der Waals surface area contributed by atoms with Gasteiger partial charge in [0.1, 0.15) is 0 Å². The molecule has 1 aromatic heterocycles. The Bertz CT molecular complexity index is 540. The first-order valence-corrected chi connectivity index (χ1v) is 6.47. The first kappa shape index (κ1) is 13.1. The molecule has 0 saturated carbocycles. The molecule has 0 aliphatic rings. The molecular weight excluding hydrogens is 222 g/mol. The first-order valence-electron chi connectivity index (χ1n) is 6.47. The predicted molar refractivity (Wildman–Crippen MR) is 77.6 cm³/mol. The van der Waals surface area contributed by atoms with Crippen molar-refractivity contribution in [2.75, 3.05) is 6.54 Å². The zero-order valence-electron chi connectivity index (χ0n) is 11.7. The quantitative estimate of drug-likeness (QED) is 0.868. The molecule has 0 saturated heterocycles. The summed E-state index contributed by atoms with van der Waals surface area (Å²) in [6, 6.07) is 9.10. The van der Waals surface area contributed by atoms with Crippen molar-refractivity contribution in [2.45, 2.75) is 32.4 Å². The van der Waals surface area contributed by atoms with Crippen LogP contribution in [-0.2, 0) is 12.6 Å². The minimum absolute atomic E-state index is 0.0666. The lowest BCUT2D eigenvalue weighted by atomic mass is 9.92. The molecule has 2 aromatic rings. The highest BCUT2D eigenvalue weighted by molar-refractivity contribution is 5.81. The Labute approximate surface area is 109 Å². The van der Waals surface area contributed by atoms with Crippen LogP contribution in [0, 0.1) is 0 Å². The highest BCUT2D eigenvalue weighted by Gasteiger charge is 2.22. The second-order valence-corrected chi connectivity index (χ2v) is 5.61. The van der Waals surface area contributed by atoms with Crippen molar-refractivity contribution in [2.24, 2.45) is 12.8 Å². The van der Waals surface area contributed by atoms with Crippen LogP contribution in [0.25, 0.3) is 10.9 Å². The van der Waals surface area contributed by atoms with E-state index < -0.39 is 0 Å². The van der Waals surface area contributed by atoms with E-state index in [4.69, 9.17) is 5.73 Å². The fraction of sp³-hybridized carbons (Fsp3) is 0.467. The van der Waals surface area contributed by atoms with Gasteiger partial charge >= 0.3 is 0 Å². The van der Waals surface area contributed by atoms with Gasteiger partial charge in [-0.1, -0.05) is 6.07 Å². The Morgan fingerprint density at radius 2 is 2.06 bits per heavy atom. The maximum Gasteiger partial charge on any atom is 0.0477 e. The monoisotopic (exact) mass is 245 g/mol. The summed E-state index contributed by atoms with van der Waals surface area (Å²) < 4.78 is 2.14. The first-order chi connectivity index (χ1) is 8.44. The second kappa shape index (κ2) is 4.75. The van der Waals surface area contributed by atoms with Crippen LogP contribution in [0.1, 0.15) is 26.3 Å². The van der Waals surface area contributed by atoms with Crippen LogP contribution in [-0.4, -0.2) is 17.2 Å². The molecular formula is C15H23N3. The smallest absolute Gasteiger partial charge is 0.0477 e. The van der Waals surface area contributed by atoms with Crippen LogP contribution in [0.3, 0.4) is 0 Å². The summed E-state index contributed by atoms with van der Waals surface area (Å²) in [6.07, 6.45) is 2.09. The number of nitrogens with one attached hydrogen (secondary N) is 1. The van der Waals surface area contributed by atoms with E-state index in [-0.39, 0.29) is 5.54 Å². The summed E-state index contributed by atoms with van der Waals surface area (Å²) in [7, 11) is 2.07.